The van der Waals surface area contributed by atoms with Crippen LogP contribution >= 0.6 is 15.9 Å². The molecular weight excluding hydrogens is 323 g/mol. The van der Waals surface area contributed by atoms with Crippen LogP contribution in [0.25, 0.3) is 0 Å². The summed E-state index contributed by atoms with van der Waals surface area (Å²) < 4.78 is 18.3. The van der Waals surface area contributed by atoms with E-state index in [1.54, 1.807) is 6.08 Å². The molecule has 3 N–H and O–H groups in total. The Morgan fingerprint density at radius 2 is 2.25 bits per heavy atom. The summed E-state index contributed by atoms with van der Waals surface area (Å²) >= 11 is 3.36. The normalized spacial score (nSPS) is 19.4. The van der Waals surface area contributed by atoms with Gasteiger partial charge in [0.1, 0.15) is 12.3 Å². The summed E-state index contributed by atoms with van der Waals surface area (Å²) in [5, 5.41) is 7.30. The van der Waals surface area contributed by atoms with Gasteiger partial charge in [0, 0.05) is 4.48 Å². The standard InChI is InChI=1S/C15H22BrFN2O/c1-11(9-13(16)5-3-8-17)12(2)10-15(6-4-7-15)20-14(18)19/h3,5,9,12H,1,4,6-8,10H2,2H3,(H3,18,19). The summed E-state index contributed by atoms with van der Waals surface area (Å²) in [5.74, 6) is 0.209. The predicted octanol–water partition coefficient (Wildman–Crippen LogP) is 4.21. The number of halogens is 2. The van der Waals surface area contributed by atoms with E-state index >= 15 is 0 Å². The lowest BCUT2D eigenvalue weighted by molar-refractivity contribution is -0.0363. The second-order valence-corrected chi connectivity index (χ2v) is 6.18. The average Bonchev–Trinajstić information content (AvgIpc) is 2.32. The Labute approximate surface area is 128 Å². The minimum atomic E-state index is -0.486. The number of amidine groups is 1. The third-order valence-corrected chi connectivity index (χ3v) is 4.09. The van der Waals surface area contributed by atoms with E-state index in [-0.39, 0.29) is 17.5 Å². The first kappa shape index (κ1) is 17.0. The highest BCUT2D eigenvalue weighted by atomic mass is 79.9. The number of rotatable bonds is 7. The molecule has 0 spiro atoms. The van der Waals surface area contributed by atoms with E-state index in [0.29, 0.717) is 0 Å². The molecule has 1 rings (SSSR count). The number of hydrogen-bond donors (Lipinski definition) is 2. The van der Waals surface area contributed by atoms with Crippen molar-refractivity contribution >= 4 is 22.0 Å². The molecule has 0 bridgehead atoms. The molecule has 1 saturated carbocycles. The molecule has 0 aromatic carbocycles. The highest BCUT2D eigenvalue weighted by Gasteiger charge is 2.41. The van der Waals surface area contributed by atoms with Gasteiger partial charge >= 0.3 is 0 Å². The van der Waals surface area contributed by atoms with Gasteiger partial charge in [-0.1, -0.05) is 41.1 Å². The Hall–Kier alpha value is -1.10. The number of alkyl halides is 1. The second kappa shape index (κ2) is 7.62. The van der Waals surface area contributed by atoms with Crippen molar-refractivity contribution in [3.63, 3.8) is 0 Å². The van der Waals surface area contributed by atoms with Crippen molar-refractivity contribution in [1.82, 2.24) is 0 Å². The van der Waals surface area contributed by atoms with Gasteiger partial charge in [0.25, 0.3) is 6.02 Å². The summed E-state index contributed by atoms with van der Waals surface area (Å²) in [5.41, 5.74) is 5.99. The van der Waals surface area contributed by atoms with Gasteiger partial charge in [-0.25, -0.2) is 4.39 Å². The first-order valence-corrected chi connectivity index (χ1v) is 7.49. The maximum absolute atomic E-state index is 12.0. The Bertz CT molecular complexity index is 428. The van der Waals surface area contributed by atoms with E-state index < -0.39 is 6.67 Å². The third kappa shape index (κ3) is 5.12. The number of allylic oxidation sites excluding steroid dienone is 5. The maximum atomic E-state index is 12.0. The Morgan fingerprint density at radius 3 is 2.70 bits per heavy atom. The van der Waals surface area contributed by atoms with Crippen molar-refractivity contribution < 1.29 is 9.13 Å². The largest absolute Gasteiger partial charge is 0.459 e. The third-order valence-electron chi connectivity index (χ3n) is 3.59. The van der Waals surface area contributed by atoms with Crippen molar-refractivity contribution in [1.29, 1.82) is 5.41 Å². The quantitative estimate of drug-likeness (QED) is 0.413. The van der Waals surface area contributed by atoms with Crippen molar-refractivity contribution in [2.75, 3.05) is 6.67 Å². The molecular formula is C15H22BrFN2O. The van der Waals surface area contributed by atoms with Crippen LogP contribution < -0.4 is 5.73 Å². The zero-order chi connectivity index (χ0) is 15.2. The molecule has 1 aliphatic rings. The Kier molecular flexibility index (Phi) is 6.46. The molecule has 20 heavy (non-hydrogen) atoms. The van der Waals surface area contributed by atoms with Crippen LogP contribution in [-0.2, 0) is 4.74 Å². The number of nitrogens with one attached hydrogen (secondary N) is 1. The van der Waals surface area contributed by atoms with Gasteiger partial charge in [-0.05, 0) is 43.8 Å². The van der Waals surface area contributed by atoms with E-state index in [1.807, 2.05) is 6.08 Å². The summed E-state index contributed by atoms with van der Waals surface area (Å²) in [6.45, 7) is 5.64. The molecule has 112 valence electrons. The molecule has 1 unspecified atom stereocenters. The number of nitrogens with two attached hydrogens (primary N) is 1. The van der Waals surface area contributed by atoms with Crippen molar-refractivity contribution in [2.45, 2.75) is 38.2 Å². The van der Waals surface area contributed by atoms with Crippen LogP contribution in [-0.4, -0.2) is 18.3 Å². The highest BCUT2D eigenvalue weighted by molar-refractivity contribution is 9.11. The van der Waals surface area contributed by atoms with Gasteiger partial charge in [-0.15, -0.1) is 0 Å². The molecule has 0 heterocycles. The maximum Gasteiger partial charge on any atom is 0.279 e. The summed E-state index contributed by atoms with van der Waals surface area (Å²) in [6.07, 6.45) is 8.73. The van der Waals surface area contributed by atoms with Gasteiger partial charge in [0.2, 0.25) is 0 Å². The minimum Gasteiger partial charge on any atom is -0.459 e. The van der Waals surface area contributed by atoms with Crippen LogP contribution in [0, 0.1) is 11.3 Å². The van der Waals surface area contributed by atoms with Gasteiger partial charge < -0.3 is 10.5 Å². The number of hydrogen-bond acceptors (Lipinski definition) is 2. The molecule has 0 aromatic heterocycles. The van der Waals surface area contributed by atoms with Crippen LogP contribution in [0.15, 0.2) is 34.9 Å². The molecule has 1 aliphatic carbocycles. The van der Waals surface area contributed by atoms with E-state index in [4.69, 9.17) is 15.9 Å². The molecule has 1 fully saturated rings. The van der Waals surface area contributed by atoms with Crippen LogP contribution in [0.1, 0.15) is 32.6 Å². The highest BCUT2D eigenvalue weighted by Crippen LogP contribution is 2.42. The Balaban J connectivity index is 2.61. The topological polar surface area (TPSA) is 59.1 Å². The smallest absolute Gasteiger partial charge is 0.279 e. The molecule has 1 atom stereocenters. The Morgan fingerprint density at radius 1 is 1.60 bits per heavy atom. The lowest BCUT2D eigenvalue weighted by Crippen LogP contribution is -2.45. The molecule has 5 heteroatoms. The molecule has 0 aliphatic heterocycles. The fraction of sp³-hybridized carbons (Fsp3) is 0.533. The zero-order valence-electron chi connectivity index (χ0n) is 11.8. The van der Waals surface area contributed by atoms with Gasteiger partial charge in [-0.2, -0.15) is 0 Å². The molecule has 0 saturated heterocycles. The van der Waals surface area contributed by atoms with Crippen LogP contribution in [0.4, 0.5) is 4.39 Å². The lowest BCUT2D eigenvalue weighted by Gasteiger charge is -2.43. The fourth-order valence-corrected chi connectivity index (χ4v) is 2.85. The first-order valence-electron chi connectivity index (χ1n) is 6.70. The first-order chi connectivity index (χ1) is 9.38. The summed E-state index contributed by atoms with van der Waals surface area (Å²) in [4.78, 5) is 0. The second-order valence-electron chi connectivity index (χ2n) is 5.27. The predicted molar refractivity (Wildman–Crippen MR) is 84.6 cm³/mol. The molecule has 0 aromatic rings. The van der Waals surface area contributed by atoms with Crippen LogP contribution in [0.2, 0.25) is 0 Å². The van der Waals surface area contributed by atoms with Crippen molar-refractivity contribution in [3.05, 3.63) is 34.9 Å². The van der Waals surface area contributed by atoms with Gasteiger partial charge in [-0.3, -0.25) is 5.41 Å². The van der Waals surface area contributed by atoms with E-state index in [1.165, 1.54) is 6.08 Å². The molecule has 3 nitrogen and oxygen atoms in total. The van der Waals surface area contributed by atoms with Crippen LogP contribution in [0.3, 0.4) is 0 Å². The van der Waals surface area contributed by atoms with E-state index in [2.05, 4.69) is 29.4 Å². The van der Waals surface area contributed by atoms with Gasteiger partial charge in [0.15, 0.2) is 0 Å². The van der Waals surface area contributed by atoms with Gasteiger partial charge in [0.05, 0.1) is 0 Å². The lowest BCUT2D eigenvalue weighted by atomic mass is 9.73. The fourth-order valence-electron chi connectivity index (χ4n) is 2.37. The number of ether oxygens (including phenoxy) is 1. The van der Waals surface area contributed by atoms with E-state index in [9.17, 15) is 4.39 Å². The van der Waals surface area contributed by atoms with E-state index in [0.717, 1.165) is 35.7 Å². The summed E-state index contributed by atoms with van der Waals surface area (Å²) in [6, 6.07) is -0.217. The van der Waals surface area contributed by atoms with Crippen LogP contribution in [0.5, 0.6) is 0 Å². The summed E-state index contributed by atoms with van der Waals surface area (Å²) in [7, 11) is 0. The van der Waals surface area contributed by atoms with Crippen molar-refractivity contribution in [3.8, 4) is 0 Å². The molecule has 0 radical (unpaired) electrons. The minimum absolute atomic E-state index is 0.209. The SMILES string of the molecule is C=C(C=C(Br)C=CCF)C(C)CC1(OC(=N)N)CCC1. The average molecular weight is 345 g/mol. The zero-order valence-corrected chi connectivity index (χ0v) is 13.4. The monoisotopic (exact) mass is 344 g/mol. The van der Waals surface area contributed by atoms with Crippen molar-refractivity contribution in [2.24, 2.45) is 11.7 Å². The molecule has 0 amide bonds.